The van der Waals surface area contributed by atoms with E-state index in [1.54, 1.807) is 0 Å². The van der Waals surface area contributed by atoms with Crippen molar-refractivity contribution in [2.24, 2.45) is 0 Å². The number of nitrogens with one attached hydrogen (secondary N) is 1. The van der Waals surface area contributed by atoms with Crippen LogP contribution in [0, 0.1) is 0 Å². The third-order valence-electron chi connectivity index (χ3n) is 1.86. The van der Waals surface area contributed by atoms with Crippen LogP contribution in [0.1, 0.15) is 5.56 Å². The van der Waals surface area contributed by atoms with Crippen molar-refractivity contribution in [2.45, 2.75) is 6.18 Å². The predicted octanol–water partition coefficient (Wildman–Crippen LogP) is 3.24. The van der Waals surface area contributed by atoms with E-state index < -0.39 is 11.7 Å². The minimum atomic E-state index is -4.37. The van der Waals surface area contributed by atoms with Gasteiger partial charge in [0.25, 0.3) is 0 Å². The molecule has 0 radical (unpaired) electrons. The van der Waals surface area contributed by atoms with Crippen molar-refractivity contribution < 1.29 is 13.2 Å². The molecule has 2 heterocycles. The van der Waals surface area contributed by atoms with Crippen LogP contribution in [0.2, 0.25) is 5.15 Å². The molecule has 1 N–H and O–H groups in total. The topological polar surface area (TPSA) is 28.7 Å². The number of aromatic amines is 1. The normalized spacial score (nSPS) is 12.3. The molecule has 0 spiro atoms. The standard InChI is InChI=1S/C8H4ClF3N2/c9-7-6-4(1-2-13-7)5(3-14-6)8(10,11)12/h1-3,14H. The summed E-state index contributed by atoms with van der Waals surface area (Å²) in [6, 6.07) is 1.28. The summed E-state index contributed by atoms with van der Waals surface area (Å²) >= 11 is 5.61. The molecular weight excluding hydrogens is 217 g/mol. The highest BCUT2D eigenvalue weighted by atomic mass is 35.5. The number of nitrogens with zero attached hydrogens (tertiary/aromatic N) is 1. The maximum atomic E-state index is 12.4. The number of aromatic nitrogens is 2. The van der Waals surface area contributed by atoms with Gasteiger partial charge >= 0.3 is 6.18 Å². The summed E-state index contributed by atoms with van der Waals surface area (Å²) in [7, 11) is 0. The highest BCUT2D eigenvalue weighted by molar-refractivity contribution is 6.33. The van der Waals surface area contributed by atoms with Gasteiger partial charge in [-0.05, 0) is 6.07 Å². The zero-order valence-corrected chi connectivity index (χ0v) is 7.45. The van der Waals surface area contributed by atoms with Gasteiger partial charge in [0.15, 0.2) is 5.15 Å². The second kappa shape index (κ2) is 2.88. The van der Waals surface area contributed by atoms with Gasteiger partial charge in [-0.25, -0.2) is 4.98 Å². The molecule has 0 amide bonds. The average Bonchev–Trinajstić information content (AvgIpc) is 2.47. The molecule has 0 unspecified atom stereocenters. The number of halogens is 4. The van der Waals surface area contributed by atoms with Crippen molar-refractivity contribution in [1.82, 2.24) is 9.97 Å². The predicted molar refractivity (Wildman–Crippen MR) is 46.1 cm³/mol. The molecule has 0 aliphatic carbocycles. The van der Waals surface area contributed by atoms with E-state index in [4.69, 9.17) is 11.6 Å². The van der Waals surface area contributed by atoms with E-state index >= 15 is 0 Å². The van der Waals surface area contributed by atoms with Crippen molar-refractivity contribution in [3.05, 3.63) is 29.2 Å². The second-order valence-corrected chi connectivity index (χ2v) is 3.08. The van der Waals surface area contributed by atoms with E-state index in [1.165, 1.54) is 12.3 Å². The van der Waals surface area contributed by atoms with Crippen LogP contribution < -0.4 is 0 Å². The van der Waals surface area contributed by atoms with Crippen LogP contribution in [0.25, 0.3) is 10.9 Å². The minimum absolute atomic E-state index is 0.0394. The van der Waals surface area contributed by atoms with E-state index in [1.807, 2.05) is 0 Å². The van der Waals surface area contributed by atoms with Gasteiger partial charge in [-0.2, -0.15) is 13.2 Å². The molecule has 0 saturated heterocycles. The first kappa shape index (κ1) is 9.33. The maximum absolute atomic E-state index is 12.4. The Labute approximate surface area is 81.7 Å². The van der Waals surface area contributed by atoms with Crippen LogP contribution in [-0.4, -0.2) is 9.97 Å². The number of hydrogen-bond donors (Lipinski definition) is 1. The van der Waals surface area contributed by atoms with Gasteiger partial charge in [0.1, 0.15) is 0 Å². The number of H-pyrrole nitrogens is 1. The molecule has 0 bridgehead atoms. The monoisotopic (exact) mass is 220 g/mol. The van der Waals surface area contributed by atoms with Crippen molar-refractivity contribution in [3.8, 4) is 0 Å². The molecule has 0 saturated carbocycles. The summed E-state index contributed by atoms with van der Waals surface area (Å²) in [5.74, 6) is 0. The lowest BCUT2D eigenvalue weighted by molar-refractivity contribution is -0.136. The zero-order valence-electron chi connectivity index (χ0n) is 6.69. The first-order chi connectivity index (χ1) is 6.50. The largest absolute Gasteiger partial charge is 0.418 e. The van der Waals surface area contributed by atoms with Crippen LogP contribution in [0.15, 0.2) is 18.5 Å². The van der Waals surface area contributed by atoms with Crippen molar-refractivity contribution in [2.75, 3.05) is 0 Å². The molecule has 2 aromatic heterocycles. The van der Waals surface area contributed by atoms with Crippen LogP contribution in [-0.2, 0) is 6.18 Å². The number of rotatable bonds is 0. The molecule has 2 rings (SSSR count). The Balaban J connectivity index is 2.76. The highest BCUT2D eigenvalue weighted by Gasteiger charge is 2.33. The molecule has 6 heteroatoms. The van der Waals surface area contributed by atoms with Gasteiger partial charge < -0.3 is 4.98 Å². The lowest BCUT2D eigenvalue weighted by Crippen LogP contribution is -2.03. The minimum Gasteiger partial charge on any atom is -0.358 e. The fraction of sp³-hybridized carbons (Fsp3) is 0.125. The third-order valence-corrected chi connectivity index (χ3v) is 2.15. The Morgan fingerprint density at radius 3 is 2.71 bits per heavy atom. The first-order valence-corrected chi connectivity index (χ1v) is 4.07. The summed E-state index contributed by atoms with van der Waals surface area (Å²) in [6.07, 6.45) is -2.24. The van der Waals surface area contributed by atoms with Gasteiger partial charge in [0.05, 0.1) is 11.1 Å². The van der Waals surface area contributed by atoms with Crippen molar-refractivity contribution >= 4 is 22.5 Å². The summed E-state index contributed by atoms with van der Waals surface area (Å²) in [6.45, 7) is 0. The van der Waals surface area contributed by atoms with E-state index in [2.05, 4.69) is 9.97 Å². The van der Waals surface area contributed by atoms with Gasteiger partial charge in [0.2, 0.25) is 0 Å². The van der Waals surface area contributed by atoms with E-state index in [-0.39, 0.29) is 16.1 Å². The maximum Gasteiger partial charge on any atom is 0.418 e. The molecular formula is C8H4ClF3N2. The Hall–Kier alpha value is -1.23. The Morgan fingerprint density at radius 2 is 2.07 bits per heavy atom. The number of hydrogen-bond acceptors (Lipinski definition) is 1. The molecule has 74 valence electrons. The molecule has 0 aliphatic rings. The molecule has 2 aromatic rings. The third kappa shape index (κ3) is 1.33. The fourth-order valence-electron chi connectivity index (χ4n) is 1.25. The van der Waals surface area contributed by atoms with Gasteiger partial charge in [0, 0.05) is 17.8 Å². The Kier molecular flexibility index (Phi) is 1.92. The van der Waals surface area contributed by atoms with Crippen molar-refractivity contribution in [3.63, 3.8) is 0 Å². The first-order valence-electron chi connectivity index (χ1n) is 3.69. The van der Waals surface area contributed by atoms with Crippen LogP contribution in [0.4, 0.5) is 13.2 Å². The van der Waals surface area contributed by atoms with E-state index in [9.17, 15) is 13.2 Å². The summed E-state index contributed by atoms with van der Waals surface area (Å²) in [5, 5.41) is 0.0792. The molecule has 14 heavy (non-hydrogen) atoms. The number of alkyl halides is 3. The smallest absolute Gasteiger partial charge is 0.358 e. The lowest BCUT2D eigenvalue weighted by Gasteiger charge is -2.03. The number of fused-ring (bicyclic) bond motifs is 1. The van der Waals surface area contributed by atoms with Crippen LogP contribution in [0.3, 0.4) is 0 Å². The SMILES string of the molecule is FC(F)(F)c1c[nH]c2c(Cl)nccc12. The molecule has 2 nitrogen and oxygen atoms in total. The van der Waals surface area contributed by atoms with E-state index in [0.29, 0.717) is 0 Å². The quantitative estimate of drug-likeness (QED) is 0.679. The molecule has 0 atom stereocenters. The molecule has 0 aliphatic heterocycles. The average molecular weight is 221 g/mol. The summed E-state index contributed by atoms with van der Waals surface area (Å²) in [4.78, 5) is 6.12. The Bertz CT molecular complexity index is 475. The summed E-state index contributed by atoms with van der Waals surface area (Å²) in [5.41, 5.74) is -0.515. The molecule has 0 aromatic carbocycles. The highest BCUT2D eigenvalue weighted by Crippen LogP contribution is 2.35. The fourth-order valence-corrected chi connectivity index (χ4v) is 1.47. The van der Waals surface area contributed by atoms with Gasteiger partial charge in [-0.3, -0.25) is 0 Å². The van der Waals surface area contributed by atoms with E-state index in [0.717, 1.165) is 6.20 Å². The Morgan fingerprint density at radius 1 is 1.36 bits per heavy atom. The van der Waals surface area contributed by atoms with Crippen molar-refractivity contribution in [1.29, 1.82) is 0 Å². The number of pyridine rings is 1. The zero-order chi connectivity index (χ0) is 10.3. The van der Waals surface area contributed by atoms with Crippen LogP contribution in [0.5, 0.6) is 0 Å². The van der Waals surface area contributed by atoms with Crippen LogP contribution >= 0.6 is 11.6 Å². The second-order valence-electron chi connectivity index (χ2n) is 2.72. The lowest BCUT2D eigenvalue weighted by atomic mass is 10.2. The summed E-state index contributed by atoms with van der Waals surface area (Å²) < 4.78 is 37.2. The molecule has 0 fully saturated rings. The van der Waals surface area contributed by atoms with Gasteiger partial charge in [-0.15, -0.1) is 0 Å². The van der Waals surface area contributed by atoms with Gasteiger partial charge in [-0.1, -0.05) is 11.6 Å².